The standard InChI is InChI=1S/C22H32N4O2S/c1-4-23-22(29)25(14-15-27-3)16-19-20(18-11-6-5-7-12-18)24-28-21(19)26-13-9-8-10-17(26)2/h5-7,11-12,17H,4,8-10,13-16H2,1-3H3,(H,23,29). The van der Waals surface area contributed by atoms with Crippen molar-refractivity contribution in [3.05, 3.63) is 35.9 Å². The molecule has 0 saturated carbocycles. The monoisotopic (exact) mass is 416 g/mol. The van der Waals surface area contributed by atoms with Crippen molar-refractivity contribution in [1.29, 1.82) is 0 Å². The van der Waals surface area contributed by atoms with Crippen molar-refractivity contribution in [3.8, 4) is 11.3 Å². The first kappa shape index (κ1) is 21.6. The molecule has 158 valence electrons. The maximum Gasteiger partial charge on any atom is 0.233 e. The largest absolute Gasteiger partial charge is 0.383 e. The van der Waals surface area contributed by atoms with Gasteiger partial charge in [-0.25, -0.2) is 0 Å². The van der Waals surface area contributed by atoms with Crippen LogP contribution in [0.3, 0.4) is 0 Å². The van der Waals surface area contributed by atoms with Crippen LogP contribution in [0.1, 0.15) is 38.7 Å². The number of benzene rings is 1. The average molecular weight is 417 g/mol. The van der Waals surface area contributed by atoms with E-state index in [0.29, 0.717) is 25.7 Å². The number of nitrogens with zero attached hydrogens (tertiary/aromatic N) is 3. The Bertz CT molecular complexity index is 780. The molecule has 1 fully saturated rings. The molecule has 2 heterocycles. The second-order valence-electron chi connectivity index (χ2n) is 7.47. The molecule has 0 amide bonds. The van der Waals surface area contributed by atoms with Crippen LogP contribution in [0.5, 0.6) is 0 Å². The summed E-state index contributed by atoms with van der Waals surface area (Å²) in [4.78, 5) is 4.50. The first-order chi connectivity index (χ1) is 14.2. The Labute approximate surface area is 179 Å². The molecule has 0 aliphatic carbocycles. The van der Waals surface area contributed by atoms with Crippen LogP contribution < -0.4 is 10.2 Å². The van der Waals surface area contributed by atoms with E-state index in [9.17, 15) is 0 Å². The molecule has 1 aromatic heterocycles. The van der Waals surface area contributed by atoms with Gasteiger partial charge >= 0.3 is 0 Å². The summed E-state index contributed by atoms with van der Waals surface area (Å²) in [7, 11) is 1.71. The Balaban J connectivity index is 1.98. The summed E-state index contributed by atoms with van der Waals surface area (Å²) in [5, 5.41) is 8.49. The van der Waals surface area contributed by atoms with E-state index in [2.05, 4.69) is 46.3 Å². The van der Waals surface area contributed by atoms with Gasteiger partial charge in [0.2, 0.25) is 5.88 Å². The summed E-state index contributed by atoms with van der Waals surface area (Å²) in [6, 6.07) is 10.7. The van der Waals surface area contributed by atoms with Gasteiger partial charge in [0.15, 0.2) is 5.11 Å². The Morgan fingerprint density at radius 1 is 1.34 bits per heavy atom. The molecule has 6 nitrogen and oxygen atoms in total. The Hall–Kier alpha value is -2.12. The fourth-order valence-corrected chi connectivity index (χ4v) is 4.10. The highest BCUT2D eigenvalue weighted by Gasteiger charge is 2.29. The summed E-state index contributed by atoms with van der Waals surface area (Å²) in [5.74, 6) is 0.873. The number of hydrogen-bond donors (Lipinski definition) is 1. The van der Waals surface area contributed by atoms with Crippen LogP contribution in [0.25, 0.3) is 11.3 Å². The molecule has 1 N–H and O–H groups in total. The number of hydrogen-bond acceptors (Lipinski definition) is 5. The minimum Gasteiger partial charge on any atom is -0.383 e. The lowest BCUT2D eigenvalue weighted by Crippen LogP contribution is -2.42. The molecule has 1 unspecified atom stereocenters. The number of anilines is 1. The van der Waals surface area contributed by atoms with Crippen molar-refractivity contribution in [1.82, 2.24) is 15.4 Å². The first-order valence-electron chi connectivity index (χ1n) is 10.5. The van der Waals surface area contributed by atoms with Crippen molar-refractivity contribution < 1.29 is 9.26 Å². The van der Waals surface area contributed by atoms with Gasteiger partial charge in [0.1, 0.15) is 5.69 Å². The van der Waals surface area contributed by atoms with Crippen molar-refractivity contribution in [2.75, 3.05) is 38.3 Å². The van der Waals surface area contributed by atoms with E-state index in [4.69, 9.17) is 21.5 Å². The van der Waals surface area contributed by atoms with Gasteiger partial charge in [0.25, 0.3) is 0 Å². The fraction of sp³-hybridized carbons (Fsp3) is 0.545. The van der Waals surface area contributed by atoms with Gasteiger partial charge in [-0.05, 0) is 45.3 Å². The van der Waals surface area contributed by atoms with Gasteiger partial charge in [-0.15, -0.1) is 0 Å². The third kappa shape index (κ3) is 5.28. The Kier molecular flexibility index (Phi) is 7.89. The predicted molar refractivity (Wildman–Crippen MR) is 121 cm³/mol. The molecule has 0 bridgehead atoms. The van der Waals surface area contributed by atoms with E-state index in [1.807, 2.05) is 18.2 Å². The maximum atomic E-state index is 5.96. The minimum absolute atomic E-state index is 0.437. The highest BCUT2D eigenvalue weighted by Crippen LogP contribution is 2.35. The highest BCUT2D eigenvalue weighted by molar-refractivity contribution is 7.80. The summed E-state index contributed by atoms with van der Waals surface area (Å²) < 4.78 is 11.3. The molecular weight excluding hydrogens is 384 g/mol. The van der Waals surface area contributed by atoms with Crippen LogP contribution in [0.2, 0.25) is 0 Å². The Morgan fingerprint density at radius 3 is 2.83 bits per heavy atom. The third-order valence-electron chi connectivity index (χ3n) is 5.41. The van der Waals surface area contributed by atoms with Crippen molar-refractivity contribution in [2.45, 2.75) is 45.7 Å². The number of methoxy groups -OCH3 is 1. The van der Waals surface area contributed by atoms with E-state index in [-0.39, 0.29) is 0 Å². The van der Waals surface area contributed by atoms with Crippen LogP contribution in [-0.4, -0.2) is 54.6 Å². The quantitative estimate of drug-likeness (QED) is 0.651. The number of nitrogens with one attached hydrogen (secondary N) is 1. The van der Waals surface area contributed by atoms with E-state index >= 15 is 0 Å². The van der Waals surface area contributed by atoms with Gasteiger partial charge < -0.3 is 24.4 Å². The number of rotatable bonds is 8. The van der Waals surface area contributed by atoms with Crippen molar-refractivity contribution in [3.63, 3.8) is 0 Å². The summed E-state index contributed by atoms with van der Waals surface area (Å²) in [6.07, 6.45) is 3.61. The van der Waals surface area contributed by atoms with Crippen molar-refractivity contribution >= 4 is 23.2 Å². The molecule has 0 radical (unpaired) electrons. The zero-order valence-electron chi connectivity index (χ0n) is 17.7. The fourth-order valence-electron chi connectivity index (χ4n) is 3.80. The van der Waals surface area contributed by atoms with Crippen LogP contribution in [-0.2, 0) is 11.3 Å². The van der Waals surface area contributed by atoms with Crippen LogP contribution in [0, 0.1) is 0 Å². The Morgan fingerprint density at radius 2 is 2.14 bits per heavy atom. The normalized spacial score (nSPS) is 16.7. The van der Waals surface area contributed by atoms with Gasteiger partial charge in [-0.1, -0.05) is 35.5 Å². The SMILES string of the molecule is CCNC(=S)N(CCOC)Cc1c(-c2ccccc2)noc1N1CCCCC1C. The number of aromatic nitrogens is 1. The smallest absolute Gasteiger partial charge is 0.233 e. The second-order valence-corrected chi connectivity index (χ2v) is 7.86. The maximum absolute atomic E-state index is 5.96. The summed E-state index contributed by atoms with van der Waals surface area (Å²) in [5.41, 5.74) is 3.03. The predicted octanol–water partition coefficient (Wildman–Crippen LogP) is 4.06. The lowest BCUT2D eigenvalue weighted by atomic mass is 10.0. The zero-order valence-corrected chi connectivity index (χ0v) is 18.5. The van der Waals surface area contributed by atoms with E-state index in [1.54, 1.807) is 7.11 Å². The number of ether oxygens (including phenoxy) is 1. The molecular formula is C22H32N4O2S. The highest BCUT2D eigenvalue weighted by atomic mass is 32.1. The van der Waals surface area contributed by atoms with Gasteiger partial charge in [0.05, 0.1) is 18.7 Å². The van der Waals surface area contributed by atoms with Gasteiger partial charge in [-0.3, -0.25) is 0 Å². The van der Waals surface area contributed by atoms with E-state index < -0.39 is 0 Å². The zero-order chi connectivity index (χ0) is 20.6. The summed E-state index contributed by atoms with van der Waals surface area (Å²) >= 11 is 5.64. The van der Waals surface area contributed by atoms with E-state index in [0.717, 1.165) is 40.9 Å². The number of thiocarbonyl (C=S) groups is 1. The lowest BCUT2D eigenvalue weighted by Gasteiger charge is -2.34. The van der Waals surface area contributed by atoms with Crippen molar-refractivity contribution in [2.24, 2.45) is 0 Å². The van der Waals surface area contributed by atoms with Crippen LogP contribution in [0.4, 0.5) is 5.88 Å². The molecule has 7 heteroatoms. The molecule has 3 rings (SSSR count). The third-order valence-corrected chi connectivity index (χ3v) is 5.81. The molecule has 1 saturated heterocycles. The average Bonchev–Trinajstić information content (AvgIpc) is 3.15. The van der Waals surface area contributed by atoms with E-state index in [1.165, 1.54) is 19.3 Å². The first-order valence-corrected chi connectivity index (χ1v) is 10.9. The topological polar surface area (TPSA) is 53.8 Å². The molecule has 0 spiro atoms. The summed E-state index contributed by atoms with van der Waals surface area (Å²) in [6.45, 7) is 8.03. The van der Waals surface area contributed by atoms with Gasteiger partial charge in [0, 0.05) is 38.3 Å². The molecule has 2 aromatic rings. The molecule has 29 heavy (non-hydrogen) atoms. The minimum atomic E-state index is 0.437. The second kappa shape index (κ2) is 10.6. The van der Waals surface area contributed by atoms with Gasteiger partial charge in [-0.2, -0.15) is 0 Å². The lowest BCUT2D eigenvalue weighted by molar-refractivity contribution is 0.174. The molecule has 1 aromatic carbocycles. The van der Waals surface area contributed by atoms with Crippen LogP contribution >= 0.6 is 12.2 Å². The molecule has 1 atom stereocenters. The molecule has 1 aliphatic rings. The molecule has 1 aliphatic heterocycles. The van der Waals surface area contributed by atoms with Crippen LogP contribution in [0.15, 0.2) is 34.9 Å². The number of piperidine rings is 1.